The van der Waals surface area contributed by atoms with Crippen molar-refractivity contribution in [1.82, 2.24) is 10.6 Å². The molecule has 0 aliphatic carbocycles. The quantitative estimate of drug-likeness (QED) is 0.605. The van der Waals surface area contributed by atoms with Crippen LogP contribution >= 0.6 is 12.4 Å². The number of carbonyl (C=O) groups is 2. The minimum atomic E-state index is -0.350. The molecule has 0 aromatic heterocycles. The van der Waals surface area contributed by atoms with Gasteiger partial charge in [0.25, 0.3) is 0 Å². The lowest BCUT2D eigenvalue weighted by atomic mass is 9.90. The standard InChI is InChI=1S/C14H29N3O2.ClH/c1-5-16-12(18)7-6-8-13(19)17-14(4,10-15)9-11(2)3;/h11H,5-10,15H2,1-4H3,(H,16,18)(H,17,19);1H. The third-order valence-electron chi connectivity index (χ3n) is 2.93. The van der Waals surface area contributed by atoms with Crippen LogP contribution in [0.15, 0.2) is 0 Å². The number of hydrogen-bond donors (Lipinski definition) is 3. The molecule has 0 radical (unpaired) electrons. The van der Waals surface area contributed by atoms with Gasteiger partial charge in [-0.15, -0.1) is 12.4 Å². The van der Waals surface area contributed by atoms with E-state index in [2.05, 4.69) is 24.5 Å². The summed E-state index contributed by atoms with van der Waals surface area (Å²) in [6.45, 7) is 9.11. The van der Waals surface area contributed by atoms with Gasteiger partial charge < -0.3 is 16.4 Å². The van der Waals surface area contributed by atoms with E-state index in [9.17, 15) is 9.59 Å². The number of rotatable bonds is 9. The number of hydrogen-bond acceptors (Lipinski definition) is 3. The van der Waals surface area contributed by atoms with Crippen LogP contribution in [0.5, 0.6) is 0 Å². The highest BCUT2D eigenvalue weighted by atomic mass is 35.5. The third-order valence-corrected chi connectivity index (χ3v) is 2.93. The van der Waals surface area contributed by atoms with Crippen LogP contribution in [-0.2, 0) is 9.59 Å². The smallest absolute Gasteiger partial charge is 0.220 e. The maximum Gasteiger partial charge on any atom is 0.220 e. The zero-order valence-electron chi connectivity index (χ0n) is 13.1. The summed E-state index contributed by atoms with van der Waals surface area (Å²) in [5.74, 6) is 0.446. The number of nitrogens with two attached hydrogens (primary N) is 1. The van der Waals surface area contributed by atoms with Crippen molar-refractivity contribution in [3.8, 4) is 0 Å². The Kier molecular flexibility index (Phi) is 11.7. The van der Waals surface area contributed by atoms with Crippen LogP contribution in [0.1, 0.15) is 53.4 Å². The molecule has 4 N–H and O–H groups in total. The van der Waals surface area contributed by atoms with Crippen LogP contribution in [0, 0.1) is 5.92 Å². The van der Waals surface area contributed by atoms with Gasteiger partial charge in [-0.25, -0.2) is 0 Å². The van der Waals surface area contributed by atoms with E-state index in [-0.39, 0.29) is 29.8 Å². The van der Waals surface area contributed by atoms with E-state index in [4.69, 9.17) is 5.73 Å². The van der Waals surface area contributed by atoms with Gasteiger partial charge in [0.2, 0.25) is 11.8 Å². The predicted molar refractivity (Wildman–Crippen MR) is 84.8 cm³/mol. The van der Waals surface area contributed by atoms with Crippen LogP contribution in [0.2, 0.25) is 0 Å². The van der Waals surface area contributed by atoms with Crippen molar-refractivity contribution in [2.45, 2.75) is 58.9 Å². The molecule has 0 aliphatic heterocycles. The highest BCUT2D eigenvalue weighted by molar-refractivity contribution is 5.85. The fourth-order valence-corrected chi connectivity index (χ4v) is 2.18. The number of amides is 2. The number of carbonyl (C=O) groups excluding carboxylic acids is 2. The summed E-state index contributed by atoms with van der Waals surface area (Å²) in [4.78, 5) is 23.1. The van der Waals surface area contributed by atoms with Crippen molar-refractivity contribution >= 4 is 24.2 Å². The van der Waals surface area contributed by atoms with E-state index >= 15 is 0 Å². The Morgan fingerprint density at radius 1 is 1.20 bits per heavy atom. The van der Waals surface area contributed by atoms with Gasteiger partial charge in [0.1, 0.15) is 0 Å². The predicted octanol–water partition coefficient (Wildman–Crippen LogP) is 1.59. The van der Waals surface area contributed by atoms with Crippen LogP contribution in [-0.4, -0.2) is 30.4 Å². The Morgan fingerprint density at radius 2 is 1.75 bits per heavy atom. The lowest BCUT2D eigenvalue weighted by Gasteiger charge is -2.31. The largest absolute Gasteiger partial charge is 0.356 e. The van der Waals surface area contributed by atoms with Gasteiger partial charge in [-0.05, 0) is 32.6 Å². The molecule has 0 fully saturated rings. The summed E-state index contributed by atoms with van der Waals surface area (Å²) in [5.41, 5.74) is 5.39. The zero-order chi connectivity index (χ0) is 14.9. The molecule has 6 heteroatoms. The second-order valence-electron chi connectivity index (χ2n) is 5.72. The summed E-state index contributed by atoms with van der Waals surface area (Å²) >= 11 is 0. The van der Waals surface area contributed by atoms with Crippen molar-refractivity contribution in [3.05, 3.63) is 0 Å². The van der Waals surface area contributed by atoms with E-state index < -0.39 is 0 Å². The van der Waals surface area contributed by atoms with Gasteiger partial charge in [-0.2, -0.15) is 0 Å². The highest BCUT2D eigenvalue weighted by Gasteiger charge is 2.25. The summed E-state index contributed by atoms with van der Waals surface area (Å²) in [6.07, 6.45) is 2.18. The van der Waals surface area contributed by atoms with E-state index in [1.807, 2.05) is 13.8 Å². The number of halogens is 1. The lowest BCUT2D eigenvalue weighted by molar-refractivity contribution is -0.123. The number of nitrogens with one attached hydrogen (secondary N) is 2. The molecular weight excluding hydrogens is 278 g/mol. The molecule has 5 nitrogen and oxygen atoms in total. The fourth-order valence-electron chi connectivity index (χ4n) is 2.18. The van der Waals surface area contributed by atoms with Gasteiger partial charge in [-0.1, -0.05) is 13.8 Å². The van der Waals surface area contributed by atoms with E-state index in [0.717, 1.165) is 6.42 Å². The average molecular weight is 308 g/mol. The normalized spacial score (nSPS) is 13.3. The summed E-state index contributed by atoms with van der Waals surface area (Å²) in [7, 11) is 0. The maximum absolute atomic E-state index is 11.8. The summed E-state index contributed by atoms with van der Waals surface area (Å²) in [6, 6.07) is 0. The Bertz CT molecular complexity index is 298. The topological polar surface area (TPSA) is 84.2 Å². The first-order chi connectivity index (χ1) is 8.83. The van der Waals surface area contributed by atoms with Crippen molar-refractivity contribution in [1.29, 1.82) is 0 Å². The molecule has 0 saturated heterocycles. The van der Waals surface area contributed by atoms with Gasteiger partial charge >= 0.3 is 0 Å². The fraction of sp³-hybridized carbons (Fsp3) is 0.857. The summed E-state index contributed by atoms with van der Waals surface area (Å²) < 4.78 is 0. The van der Waals surface area contributed by atoms with Crippen molar-refractivity contribution in [2.75, 3.05) is 13.1 Å². The highest BCUT2D eigenvalue weighted by Crippen LogP contribution is 2.15. The molecule has 120 valence electrons. The second-order valence-corrected chi connectivity index (χ2v) is 5.72. The van der Waals surface area contributed by atoms with Crippen molar-refractivity contribution < 1.29 is 9.59 Å². The first kappa shape index (κ1) is 21.5. The molecule has 0 heterocycles. The molecule has 20 heavy (non-hydrogen) atoms. The van der Waals surface area contributed by atoms with E-state index in [1.165, 1.54) is 0 Å². The van der Waals surface area contributed by atoms with Crippen LogP contribution in [0.25, 0.3) is 0 Å². The van der Waals surface area contributed by atoms with Crippen molar-refractivity contribution in [3.63, 3.8) is 0 Å². The minimum absolute atomic E-state index is 0. The molecule has 0 saturated carbocycles. The van der Waals surface area contributed by atoms with Gasteiger partial charge in [0.05, 0.1) is 0 Å². The van der Waals surface area contributed by atoms with E-state index in [1.54, 1.807) is 0 Å². The first-order valence-electron chi connectivity index (χ1n) is 7.10. The van der Waals surface area contributed by atoms with Gasteiger partial charge in [0.15, 0.2) is 0 Å². The molecule has 0 aliphatic rings. The molecule has 0 rings (SSSR count). The third kappa shape index (κ3) is 10.0. The Hall–Kier alpha value is -0.810. The van der Waals surface area contributed by atoms with Crippen molar-refractivity contribution in [2.24, 2.45) is 11.7 Å². The minimum Gasteiger partial charge on any atom is -0.356 e. The molecule has 2 amide bonds. The van der Waals surface area contributed by atoms with Crippen LogP contribution in [0.4, 0.5) is 0 Å². The summed E-state index contributed by atoms with van der Waals surface area (Å²) in [5, 5.41) is 5.70. The Morgan fingerprint density at radius 3 is 2.20 bits per heavy atom. The van der Waals surface area contributed by atoms with Gasteiger partial charge in [0, 0.05) is 31.5 Å². The Labute approximate surface area is 128 Å². The monoisotopic (exact) mass is 307 g/mol. The zero-order valence-corrected chi connectivity index (χ0v) is 13.9. The van der Waals surface area contributed by atoms with Crippen LogP contribution < -0.4 is 16.4 Å². The molecular formula is C14H30ClN3O2. The maximum atomic E-state index is 11.8. The molecule has 1 unspecified atom stereocenters. The molecule has 0 bridgehead atoms. The molecule has 0 aromatic rings. The van der Waals surface area contributed by atoms with Gasteiger partial charge in [-0.3, -0.25) is 9.59 Å². The average Bonchev–Trinajstić information content (AvgIpc) is 2.28. The first-order valence-corrected chi connectivity index (χ1v) is 7.10. The molecule has 0 aromatic carbocycles. The Balaban J connectivity index is 0. The SMILES string of the molecule is CCNC(=O)CCCC(=O)NC(C)(CN)CC(C)C.Cl. The lowest BCUT2D eigenvalue weighted by Crippen LogP contribution is -2.52. The second kappa shape index (κ2) is 10.9. The van der Waals surface area contributed by atoms with E-state index in [0.29, 0.717) is 38.3 Å². The molecule has 1 atom stereocenters. The molecule has 0 spiro atoms. The van der Waals surface area contributed by atoms with Crippen LogP contribution in [0.3, 0.4) is 0 Å².